The van der Waals surface area contributed by atoms with E-state index in [2.05, 4.69) is 6.58 Å². The molecule has 1 aliphatic carbocycles. The molecule has 0 aromatic rings. The molecule has 1 aliphatic heterocycles. The molecule has 0 unspecified atom stereocenters. The third-order valence-electron chi connectivity index (χ3n) is 4.34. The van der Waals surface area contributed by atoms with Gasteiger partial charge in [-0.1, -0.05) is 19.4 Å². The van der Waals surface area contributed by atoms with Crippen LogP contribution in [0.3, 0.4) is 0 Å². The highest BCUT2D eigenvalue weighted by Crippen LogP contribution is 2.29. The fraction of sp³-hybridized carbons (Fsp3) is 0.714. The Kier molecular flexibility index (Phi) is 4.24. The fourth-order valence-electron chi connectivity index (χ4n) is 2.87. The molecular weight excluding hydrogens is 244 g/mol. The van der Waals surface area contributed by atoms with Gasteiger partial charge in [0.05, 0.1) is 6.04 Å². The van der Waals surface area contributed by atoms with E-state index in [1.54, 1.807) is 16.8 Å². The first-order chi connectivity index (χ1) is 9.04. The molecule has 2 aliphatic rings. The molecule has 1 saturated carbocycles. The van der Waals surface area contributed by atoms with Gasteiger partial charge in [0.15, 0.2) is 0 Å². The number of aliphatic hydroxyl groups is 1. The number of amides is 2. The summed E-state index contributed by atoms with van der Waals surface area (Å²) >= 11 is 0. The van der Waals surface area contributed by atoms with Crippen molar-refractivity contribution >= 4 is 11.8 Å². The highest BCUT2D eigenvalue weighted by atomic mass is 16.3. The van der Waals surface area contributed by atoms with E-state index >= 15 is 0 Å². The second-order valence-electron chi connectivity index (χ2n) is 5.54. The zero-order valence-corrected chi connectivity index (χ0v) is 11.4. The molecule has 1 heterocycles. The van der Waals surface area contributed by atoms with Crippen molar-refractivity contribution in [2.75, 3.05) is 20.1 Å². The number of hydrogen-bond acceptors (Lipinski definition) is 3. The van der Waals surface area contributed by atoms with Crippen LogP contribution in [0.5, 0.6) is 0 Å². The summed E-state index contributed by atoms with van der Waals surface area (Å²) in [4.78, 5) is 26.7. The first-order valence-electron chi connectivity index (χ1n) is 6.90. The molecule has 0 spiro atoms. The average molecular weight is 266 g/mol. The molecular formula is C14H22N2O3. The molecule has 1 saturated heterocycles. The summed E-state index contributed by atoms with van der Waals surface area (Å²) in [7, 11) is 1.71. The van der Waals surface area contributed by atoms with Crippen LogP contribution in [0, 0.1) is 5.92 Å². The number of likely N-dealkylation sites (N-methyl/N-ethyl adjacent to an activating group) is 1. The summed E-state index contributed by atoms with van der Waals surface area (Å²) in [6.07, 6.45) is 4.52. The van der Waals surface area contributed by atoms with Crippen LogP contribution in [-0.2, 0) is 9.59 Å². The van der Waals surface area contributed by atoms with E-state index in [4.69, 9.17) is 0 Å². The molecule has 2 rings (SSSR count). The Bertz CT molecular complexity index is 371. The molecule has 2 amide bonds. The summed E-state index contributed by atoms with van der Waals surface area (Å²) in [6, 6.07) is 0.0465. The largest absolute Gasteiger partial charge is 0.383 e. The average Bonchev–Trinajstić information content (AvgIpc) is 2.88. The summed E-state index contributed by atoms with van der Waals surface area (Å²) < 4.78 is 0. The summed E-state index contributed by atoms with van der Waals surface area (Å²) in [5.74, 6) is -0.185. The number of nitrogens with zero attached hydrogens (tertiary/aromatic N) is 2. The van der Waals surface area contributed by atoms with Crippen LogP contribution in [0.1, 0.15) is 25.7 Å². The Balaban J connectivity index is 1.81. The zero-order valence-electron chi connectivity index (χ0n) is 11.4. The van der Waals surface area contributed by atoms with Gasteiger partial charge in [0.2, 0.25) is 5.91 Å². The maximum Gasteiger partial charge on any atom is 0.251 e. The Morgan fingerprint density at radius 1 is 1.37 bits per heavy atom. The van der Waals surface area contributed by atoms with Gasteiger partial charge in [-0.3, -0.25) is 9.59 Å². The van der Waals surface area contributed by atoms with Crippen LogP contribution in [-0.4, -0.2) is 59.0 Å². The van der Waals surface area contributed by atoms with Crippen molar-refractivity contribution in [3.63, 3.8) is 0 Å². The molecule has 106 valence electrons. The predicted molar refractivity (Wildman–Crippen MR) is 71.3 cm³/mol. The molecule has 2 fully saturated rings. The molecule has 5 nitrogen and oxygen atoms in total. The molecule has 1 N–H and O–H groups in total. The SMILES string of the molecule is C=CC(=O)N(C)C1CN(C(=O)[C@@H](O)C2CCCC2)C1. The Hall–Kier alpha value is -1.36. The minimum atomic E-state index is -0.858. The molecule has 0 aromatic heterocycles. The number of rotatable bonds is 4. The van der Waals surface area contributed by atoms with Gasteiger partial charge < -0.3 is 14.9 Å². The number of hydrogen-bond donors (Lipinski definition) is 1. The molecule has 1 atom stereocenters. The number of carbonyl (C=O) groups is 2. The Labute approximate surface area is 113 Å². The van der Waals surface area contributed by atoms with Crippen molar-refractivity contribution in [1.29, 1.82) is 0 Å². The third-order valence-corrected chi connectivity index (χ3v) is 4.34. The molecule has 0 aromatic carbocycles. The second-order valence-corrected chi connectivity index (χ2v) is 5.54. The number of carbonyl (C=O) groups excluding carboxylic acids is 2. The van der Waals surface area contributed by atoms with Crippen molar-refractivity contribution in [1.82, 2.24) is 9.80 Å². The van der Waals surface area contributed by atoms with E-state index in [1.807, 2.05) is 0 Å². The van der Waals surface area contributed by atoms with E-state index in [9.17, 15) is 14.7 Å². The normalized spacial score (nSPS) is 21.9. The number of aliphatic hydroxyl groups excluding tert-OH is 1. The van der Waals surface area contributed by atoms with Gasteiger partial charge in [0.1, 0.15) is 6.10 Å². The lowest BCUT2D eigenvalue weighted by molar-refractivity contribution is -0.152. The summed E-state index contributed by atoms with van der Waals surface area (Å²) in [5.41, 5.74) is 0. The van der Waals surface area contributed by atoms with E-state index in [-0.39, 0.29) is 23.8 Å². The van der Waals surface area contributed by atoms with Gasteiger partial charge in [-0.2, -0.15) is 0 Å². The predicted octanol–water partition coefficient (Wildman–Crippen LogP) is 0.393. The minimum Gasteiger partial charge on any atom is -0.383 e. The Morgan fingerprint density at radius 2 is 1.95 bits per heavy atom. The lowest BCUT2D eigenvalue weighted by atomic mass is 9.97. The molecule has 0 radical (unpaired) electrons. The molecule has 0 bridgehead atoms. The standard InChI is InChI=1S/C14H22N2O3/c1-3-12(17)15(2)11-8-16(9-11)14(19)13(18)10-6-4-5-7-10/h3,10-11,13,18H,1,4-9H2,2H3/t13-/m0/s1. The Morgan fingerprint density at radius 3 is 2.47 bits per heavy atom. The molecule has 19 heavy (non-hydrogen) atoms. The first kappa shape index (κ1) is 14.1. The third kappa shape index (κ3) is 2.81. The monoisotopic (exact) mass is 266 g/mol. The van der Waals surface area contributed by atoms with Gasteiger partial charge >= 0.3 is 0 Å². The highest BCUT2D eigenvalue weighted by molar-refractivity contribution is 5.87. The maximum absolute atomic E-state index is 12.1. The van der Waals surface area contributed by atoms with Gasteiger partial charge in [-0.05, 0) is 24.8 Å². The summed E-state index contributed by atoms with van der Waals surface area (Å²) in [5, 5.41) is 10.0. The maximum atomic E-state index is 12.1. The number of likely N-dealkylation sites (tertiary alicyclic amines) is 1. The second kappa shape index (κ2) is 5.74. The minimum absolute atomic E-state index is 0.0465. The van der Waals surface area contributed by atoms with E-state index in [0.717, 1.165) is 25.7 Å². The van der Waals surface area contributed by atoms with Crippen LogP contribution < -0.4 is 0 Å². The van der Waals surface area contributed by atoms with E-state index < -0.39 is 6.10 Å². The fourth-order valence-corrected chi connectivity index (χ4v) is 2.87. The topological polar surface area (TPSA) is 60.9 Å². The van der Waals surface area contributed by atoms with Crippen LogP contribution in [0.15, 0.2) is 12.7 Å². The van der Waals surface area contributed by atoms with Crippen molar-refractivity contribution in [3.8, 4) is 0 Å². The van der Waals surface area contributed by atoms with Gasteiger partial charge in [-0.15, -0.1) is 0 Å². The van der Waals surface area contributed by atoms with Crippen molar-refractivity contribution in [3.05, 3.63) is 12.7 Å². The highest BCUT2D eigenvalue weighted by Gasteiger charge is 2.39. The quantitative estimate of drug-likeness (QED) is 0.749. The van der Waals surface area contributed by atoms with Crippen molar-refractivity contribution in [2.24, 2.45) is 5.92 Å². The lowest BCUT2D eigenvalue weighted by Crippen LogP contribution is -2.63. The van der Waals surface area contributed by atoms with Crippen LogP contribution in [0.2, 0.25) is 0 Å². The lowest BCUT2D eigenvalue weighted by Gasteiger charge is -2.44. The van der Waals surface area contributed by atoms with Gasteiger partial charge in [-0.25, -0.2) is 0 Å². The van der Waals surface area contributed by atoms with Crippen molar-refractivity contribution < 1.29 is 14.7 Å². The zero-order chi connectivity index (χ0) is 14.0. The van der Waals surface area contributed by atoms with E-state index in [1.165, 1.54) is 6.08 Å². The van der Waals surface area contributed by atoms with Crippen molar-refractivity contribution in [2.45, 2.75) is 37.8 Å². The summed E-state index contributed by atoms with van der Waals surface area (Å²) in [6.45, 7) is 4.47. The van der Waals surface area contributed by atoms with Crippen LogP contribution in [0.25, 0.3) is 0 Å². The molecule has 5 heteroatoms. The first-order valence-corrected chi connectivity index (χ1v) is 6.90. The van der Waals surface area contributed by atoms with Crippen LogP contribution in [0.4, 0.5) is 0 Å². The van der Waals surface area contributed by atoms with Crippen LogP contribution >= 0.6 is 0 Å². The van der Waals surface area contributed by atoms with Gasteiger partial charge in [0, 0.05) is 20.1 Å². The van der Waals surface area contributed by atoms with E-state index in [0.29, 0.717) is 13.1 Å². The smallest absolute Gasteiger partial charge is 0.251 e. The van der Waals surface area contributed by atoms with Gasteiger partial charge in [0.25, 0.3) is 5.91 Å².